The van der Waals surface area contributed by atoms with Crippen LogP contribution in [0.25, 0.3) is 15.3 Å². The van der Waals surface area contributed by atoms with E-state index in [4.69, 9.17) is 0 Å². The number of rotatable bonds is 3. The Bertz CT molecular complexity index is 1040. The molecule has 0 bridgehead atoms. The van der Waals surface area contributed by atoms with Gasteiger partial charge in [-0.1, -0.05) is 0 Å². The van der Waals surface area contributed by atoms with Crippen LogP contribution in [0.1, 0.15) is 22.5 Å². The van der Waals surface area contributed by atoms with Crippen molar-refractivity contribution >= 4 is 53.9 Å². The molecule has 4 rings (SSSR count). The first-order valence-electron chi connectivity index (χ1n) is 7.92. The summed E-state index contributed by atoms with van der Waals surface area (Å²) in [6, 6.07) is 1.87. The number of hydrogen-bond donors (Lipinski definition) is 0. The Morgan fingerprint density at radius 1 is 1.36 bits per heavy atom. The fraction of sp³-hybridized carbons (Fsp3) is 0.467. The Balaban J connectivity index is 1.49. The molecule has 7 nitrogen and oxygen atoms in total. The number of carbonyl (C=O) groups excluding carboxylic acids is 1. The summed E-state index contributed by atoms with van der Waals surface area (Å²) >= 11 is 2.99. The predicted molar refractivity (Wildman–Crippen MR) is 100.0 cm³/mol. The van der Waals surface area contributed by atoms with Gasteiger partial charge in [-0.15, -0.1) is 22.7 Å². The lowest BCUT2D eigenvalue weighted by molar-refractivity contribution is 0.0691. The summed E-state index contributed by atoms with van der Waals surface area (Å²) in [5.41, 5.74) is 0.969. The molecule has 0 saturated carbocycles. The molecule has 0 aromatic carbocycles. The first-order chi connectivity index (χ1) is 11.8. The molecule has 25 heavy (non-hydrogen) atoms. The minimum atomic E-state index is -3.20. The molecule has 3 aromatic heterocycles. The summed E-state index contributed by atoms with van der Waals surface area (Å²) in [5, 5.41) is 1.98. The maximum Gasteiger partial charge on any atom is 0.264 e. The molecular weight excluding hydrogens is 380 g/mol. The van der Waals surface area contributed by atoms with Crippen molar-refractivity contribution in [2.75, 3.05) is 26.4 Å². The standard InChI is InChI=1S/C15H18N4O3S3/c1-17(25(2,21)22)10-3-5-18(6-4-10)14(20)12-9-11-13(24-12)16-15-19(11)7-8-23-15/h7-10H,3-6H2,1-2H3. The number of amides is 1. The SMILES string of the molecule is CN(C1CCN(C(=O)c2cc3c(nc4sccn43)s2)CC1)S(C)(=O)=O. The van der Waals surface area contributed by atoms with Gasteiger partial charge in [-0.3, -0.25) is 9.20 Å². The minimum Gasteiger partial charge on any atom is -0.338 e. The van der Waals surface area contributed by atoms with Crippen LogP contribution in [0, 0.1) is 0 Å². The number of piperidine rings is 1. The Labute approximate surface area is 153 Å². The zero-order chi connectivity index (χ0) is 17.8. The van der Waals surface area contributed by atoms with Crippen LogP contribution in [0.3, 0.4) is 0 Å². The molecule has 1 saturated heterocycles. The number of nitrogens with zero attached hydrogens (tertiary/aromatic N) is 4. The number of aromatic nitrogens is 2. The molecule has 1 fully saturated rings. The molecule has 3 aromatic rings. The fourth-order valence-electron chi connectivity index (χ4n) is 3.21. The normalized spacial score (nSPS) is 17.2. The van der Waals surface area contributed by atoms with E-state index in [-0.39, 0.29) is 11.9 Å². The van der Waals surface area contributed by atoms with E-state index in [0.717, 1.165) is 15.3 Å². The smallest absolute Gasteiger partial charge is 0.264 e. The maximum atomic E-state index is 12.8. The molecule has 10 heteroatoms. The monoisotopic (exact) mass is 398 g/mol. The second-order valence-corrected chi connectivity index (χ2v) is 10.2. The van der Waals surface area contributed by atoms with Crippen molar-refractivity contribution in [1.29, 1.82) is 0 Å². The number of likely N-dealkylation sites (tertiary alicyclic amines) is 1. The van der Waals surface area contributed by atoms with E-state index in [0.29, 0.717) is 30.8 Å². The Morgan fingerprint density at radius 3 is 2.76 bits per heavy atom. The highest BCUT2D eigenvalue weighted by atomic mass is 32.2. The van der Waals surface area contributed by atoms with E-state index in [1.807, 2.05) is 26.9 Å². The van der Waals surface area contributed by atoms with Gasteiger partial charge in [-0.25, -0.2) is 17.7 Å². The van der Waals surface area contributed by atoms with E-state index >= 15 is 0 Å². The summed E-state index contributed by atoms with van der Waals surface area (Å²) in [6.07, 6.45) is 4.50. The second kappa shape index (κ2) is 6.04. The predicted octanol–water partition coefficient (Wildman–Crippen LogP) is 2.11. The minimum absolute atomic E-state index is 0.00689. The van der Waals surface area contributed by atoms with Gasteiger partial charge >= 0.3 is 0 Å². The Hall–Kier alpha value is -1.49. The summed E-state index contributed by atoms with van der Waals surface area (Å²) in [7, 11) is -1.59. The van der Waals surface area contributed by atoms with E-state index < -0.39 is 10.0 Å². The molecule has 1 amide bonds. The van der Waals surface area contributed by atoms with Gasteiger partial charge < -0.3 is 4.90 Å². The van der Waals surface area contributed by atoms with Crippen molar-refractivity contribution in [3.8, 4) is 0 Å². The first-order valence-corrected chi connectivity index (χ1v) is 11.5. The van der Waals surface area contributed by atoms with Crippen LogP contribution >= 0.6 is 22.7 Å². The third-order valence-corrected chi connectivity index (χ3v) is 7.85. The van der Waals surface area contributed by atoms with Crippen LogP contribution in [0.15, 0.2) is 17.6 Å². The van der Waals surface area contributed by atoms with E-state index in [1.165, 1.54) is 21.9 Å². The zero-order valence-electron chi connectivity index (χ0n) is 13.9. The molecule has 0 aliphatic carbocycles. The van der Waals surface area contributed by atoms with E-state index in [2.05, 4.69) is 4.98 Å². The summed E-state index contributed by atoms with van der Waals surface area (Å²) in [4.78, 5) is 21.6. The summed E-state index contributed by atoms with van der Waals surface area (Å²) in [5.74, 6) is 0.00689. The quantitative estimate of drug-likeness (QED) is 0.677. The molecule has 4 heterocycles. The highest BCUT2D eigenvalue weighted by Gasteiger charge is 2.30. The lowest BCUT2D eigenvalue weighted by Gasteiger charge is -2.35. The number of thiazole rings is 1. The van der Waals surface area contributed by atoms with E-state index in [9.17, 15) is 13.2 Å². The highest BCUT2D eigenvalue weighted by Crippen LogP contribution is 2.30. The van der Waals surface area contributed by atoms with Gasteiger partial charge in [-0.05, 0) is 18.9 Å². The lowest BCUT2D eigenvalue weighted by Crippen LogP contribution is -2.46. The van der Waals surface area contributed by atoms with Crippen LogP contribution in [0.2, 0.25) is 0 Å². The molecule has 1 aliphatic heterocycles. The van der Waals surface area contributed by atoms with Crippen molar-refractivity contribution in [1.82, 2.24) is 18.6 Å². The second-order valence-electron chi connectivity index (χ2n) is 6.27. The molecular formula is C15H18N4O3S3. The van der Waals surface area contributed by atoms with Crippen LogP contribution < -0.4 is 0 Å². The molecule has 0 atom stereocenters. The third-order valence-electron chi connectivity index (χ3n) is 4.74. The van der Waals surface area contributed by atoms with Crippen LogP contribution in [-0.2, 0) is 10.0 Å². The van der Waals surface area contributed by atoms with Crippen molar-refractivity contribution in [3.05, 3.63) is 22.5 Å². The number of hydrogen-bond acceptors (Lipinski definition) is 6. The van der Waals surface area contributed by atoms with Gasteiger partial charge in [0, 0.05) is 37.8 Å². The van der Waals surface area contributed by atoms with Crippen molar-refractivity contribution in [3.63, 3.8) is 0 Å². The third kappa shape index (κ3) is 2.97. The number of imidazole rings is 1. The average molecular weight is 399 g/mol. The number of sulfonamides is 1. The van der Waals surface area contributed by atoms with Gasteiger partial charge in [-0.2, -0.15) is 0 Å². The summed E-state index contributed by atoms with van der Waals surface area (Å²) < 4.78 is 26.7. The molecule has 0 N–H and O–H groups in total. The number of carbonyl (C=O) groups is 1. The molecule has 0 unspecified atom stereocenters. The molecule has 0 radical (unpaired) electrons. The summed E-state index contributed by atoms with van der Waals surface area (Å²) in [6.45, 7) is 1.14. The largest absolute Gasteiger partial charge is 0.338 e. The first kappa shape index (κ1) is 17.0. The van der Waals surface area contributed by atoms with Crippen molar-refractivity contribution in [2.24, 2.45) is 0 Å². The van der Waals surface area contributed by atoms with Crippen LogP contribution in [-0.4, -0.2) is 65.3 Å². The van der Waals surface area contributed by atoms with Gasteiger partial charge in [0.05, 0.1) is 16.6 Å². The van der Waals surface area contributed by atoms with E-state index in [1.54, 1.807) is 18.4 Å². The van der Waals surface area contributed by atoms with Gasteiger partial charge in [0.25, 0.3) is 5.91 Å². The molecule has 0 spiro atoms. The van der Waals surface area contributed by atoms with Gasteiger partial charge in [0.2, 0.25) is 10.0 Å². The van der Waals surface area contributed by atoms with Crippen LogP contribution in [0.5, 0.6) is 0 Å². The molecule has 134 valence electrons. The Kier molecular flexibility index (Phi) is 4.10. The van der Waals surface area contributed by atoms with Gasteiger partial charge in [0.15, 0.2) is 4.96 Å². The fourth-order valence-corrected chi connectivity index (χ4v) is 5.73. The zero-order valence-corrected chi connectivity index (χ0v) is 16.3. The average Bonchev–Trinajstić information content (AvgIpc) is 3.24. The number of thiophene rings is 1. The molecule has 1 aliphatic rings. The van der Waals surface area contributed by atoms with Gasteiger partial charge in [0.1, 0.15) is 4.83 Å². The van der Waals surface area contributed by atoms with Crippen molar-refractivity contribution in [2.45, 2.75) is 18.9 Å². The van der Waals surface area contributed by atoms with Crippen molar-refractivity contribution < 1.29 is 13.2 Å². The maximum absolute atomic E-state index is 12.8. The number of fused-ring (bicyclic) bond motifs is 3. The topological polar surface area (TPSA) is 75.0 Å². The lowest BCUT2D eigenvalue weighted by atomic mass is 10.1. The van der Waals surface area contributed by atoms with Crippen LogP contribution in [0.4, 0.5) is 0 Å². The highest BCUT2D eigenvalue weighted by molar-refractivity contribution is 7.88. The Morgan fingerprint density at radius 2 is 2.08 bits per heavy atom.